The molecule has 0 radical (unpaired) electrons. The number of aryl methyl sites for hydroxylation is 1. The second kappa shape index (κ2) is 9.64. The van der Waals surface area contributed by atoms with Crippen LogP contribution in [0.4, 0.5) is 5.69 Å². The summed E-state index contributed by atoms with van der Waals surface area (Å²) < 4.78 is 0. The van der Waals surface area contributed by atoms with Crippen LogP contribution in [0.5, 0.6) is 0 Å². The number of nitrogens with one attached hydrogen (secondary N) is 3. The van der Waals surface area contributed by atoms with Crippen LogP contribution in [0.1, 0.15) is 49.0 Å². The number of anilines is 1. The second-order valence-electron chi connectivity index (χ2n) is 6.69. The predicted octanol–water partition coefficient (Wildman–Crippen LogP) is 2.88. The third-order valence-electron chi connectivity index (χ3n) is 3.99. The van der Waals surface area contributed by atoms with E-state index in [2.05, 4.69) is 16.0 Å². The molecule has 2 rings (SSSR count). The summed E-state index contributed by atoms with van der Waals surface area (Å²) in [4.78, 5) is 24.2. The van der Waals surface area contributed by atoms with Crippen LogP contribution in [-0.4, -0.2) is 30.9 Å². The van der Waals surface area contributed by atoms with E-state index < -0.39 is 0 Å². The minimum absolute atomic E-state index is 0. The Morgan fingerprint density at radius 1 is 1.33 bits per heavy atom. The van der Waals surface area contributed by atoms with Crippen LogP contribution >= 0.6 is 12.4 Å². The molecular weight excluding hydrogens is 326 g/mol. The smallest absolute Gasteiger partial charge is 0.251 e. The summed E-state index contributed by atoms with van der Waals surface area (Å²) in [5.74, 6) is 0.278. The molecule has 2 amide bonds. The van der Waals surface area contributed by atoms with E-state index in [0.29, 0.717) is 17.9 Å². The molecule has 1 aromatic rings. The summed E-state index contributed by atoms with van der Waals surface area (Å²) in [6, 6.07) is 5.60. The van der Waals surface area contributed by atoms with Gasteiger partial charge in [0.15, 0.2) is 0 Å². The maximum atomic E-state index is 12.3. The molecule has 1 atom stereocenters. The number of amides is 2. The second-order valence-corrected chi connectivity index (χ2v) is 6.69. The molecule has 1 unspecified atom stereocenters. The van der Waals surface area contributed by atoms with Crippen LogP contribution in [0, 0.1) is 12.8 Å². The molecule has 1 saturated heterocycles. The Kier molecular flexibility index (Phi) is 8.22. The zero-order chi connectivity index (χ0) is 16.8. The minimum atomic E-state index is -0.0538. The van der Waals surface area contributed by atoms with E-state index in [-0.39, 0.29) is 30.3 Å². The fourth-order valence-corrected chi connectivity index (χ4v) is 2.76. The SMILES string of the molecule is Cc1cc(C(=O)NC2CCCNC2)ccc1NC(=O)CC(C)C.Cl. The van der Waals surface area contributed by atoms with Crippen LogP contribution in [0.25, 0.3) is 0 Å². The molecule has 5 nitrogen and oxygen atoms in total. The lowest BCUT2D eigenvalue weighted by Gasteiger charge is -2.24. The molecule has 0 bridgehead atoms. The van der Waals surface area contributed by atoms with Gasteiger partial charge in [0.05, 0.1) is 0 Å². The zero-order valence-corrected chi connectivity index (χ0v) is 15.5. The van der Waals surface area contributed by atoms with E-state index in [1.165, 1.54) is 0 Å². The number of benzene rings is 1. The van der Waals surface area contributed by atoms with Gasteiger partial charge >= 0.3 is 0 Å². The molecule has 1 aromatic carbocycles. The topological polar surface area (TPSA) is 70.2 Å². The molecule has 0 saturated carbocycles. The largest absolute Gasteiger partial charge is 0.348 e. The minimum Gasteiger partial charge on any atom is -0.348 e. The lowest BCUT2D eigenvalue weighted by atomic mass is 10.1. The Bertz CT molecular complexity index is 569. The van der Waals surface area contributed by atoms with Gasteiger partial charge in [-0.15, -0.1) is 12.4 Å². The maximum absolute atomic E-state index is 12.3. The molecular formula is C18H28ClN3O2. The molecule has 1 fully saturated rings. The van der Waals surface area contributed by atoms with Crippen molar-refractivity contribution in [3.8, 4) is 0 Å². The van der Waals surface area contributed by atoms with Gasteiger partial charge in [-0.1, -0.05) is 13.8 Å². The van der Waals surface area contributed by atoms with Crippen molar-refractivity contribution in [1.82, 2.24) is 10.6 Å². The summed E-state index contributed by atoms with van der Waals surface area (Å²) in [7, 11) is 0. The number of carbonyl (C=O) groups excluding carboxylic acids is 2. The summed E-state index contributed by atoms with van der Waals surface area (Å²) >= 11 is 0. The van der Waals surface area contributed by atoms with E-state index in [9.17, 15) is 9.59 Å². The van der Waals surface area contributed by atoms with Crippen LogP contribution in [-0.2, 0) is 4.79 Å². The summed E-state index contributed by atoms with van der Waals surface area (Å²) in [6.45, 7) is 7.79. The summed E-state index contributed by atoms with van der Waals surface area (Å²) in [6.07, 6.45) is 2.60. The third-order valence-corrected chi connectivity index (χ3v) is 3.99. The molecule has 134 valence electrons. The average molecular weight is 354 g/mol. The van der Waals surface area contributed by atoms with E-state index >= 15 is 0 Å². The first-order chi connectivity index (χ1) is 11.0. The monoisotopic (exact) mass is 353 g/mol. The lowest BCUT2D eigenvalue weighted by Crippen LogP contribution is -2.45. The number of rotatable bonds is 5. The molecule has 1 heterocycles. The zero-order valence-electron chi connectivity index (χ0n) is 14.6. The Hall–Kier alpha value is -1.59. The Morgan fingerprint density at radius 3 is 2.67 bits per heavy atom. The van der Waals surface area contributed by atoms with Gasteiger partial charge in [-0.25, -0.2) is 0 Å². The van der Waals surface area contributed by atoms with Crippen molar-refractivity contribution in [3.05, 3.63) is 29.3 Å². The summed E-state index contributed by atoms with van der Waals surface area (Å²) in [5.41, 5.74) is 2.30. The highest BCUT2D eigenvalue weighted by atomic mass is 35.5. The Labute approximate surface area is 150 Å². The van der Waals surface area contributed by atoms with Crippen molar-refractivity contribution in [2.24, 2.45) is 5.92 Å². The Balaban J connectivity index is 0.00000288. The first kappa shape index (κ1) is 20.5. The average Bonchev–Trinajstić information content (AvgIpc) is 2.49. The van der Waals surface area contributed by atoms with Crippen molar-refractivity contribution in [1.29, 1.82) is 0 Å². The molecule has 0 spiro atoms. The fraction of sp³-hybridized carbons (Fsp3) is 0.556. The molecule has 6 heteroatoms. The van der Waals surface area contributed by atoms with E-state index in [4.69, 9.17) is 0 Å². The number of piperidine rings is 1. The normalized spacial score (nSPS) is 17.1. The van der Waals surface area contributed by atoms with Crippen molar-refractivity contribution in [3.63, 3.8) is 0 Å². The first-order valence-electron chi connectivity index (χ1n) is 8.38. The van der Waals surface area contributed by atoms with Gasteiger partial charge < -0.3 is 16.0 Å². The molecule has 0 aromatic heterocycles. The maximum Gasteiger partial charge on any atom is 0.251 e. The number of carbonyl (C=O) groups is 2. The van der Waals surface area contributed by atoms with Gasteiger partial charge in [0.1, 0.15) is 0 Å². The van der Waals surface area contributed by atoms with Crippen LogP contribution < -0.4 is 16.0 Å². The quantitative estimate of drug-likeness (QED) is 0.762. The molecule has 0 aliphatic carbocycles. The highest BCUT2D eigenvalue weighted by molar-refractivity contribution is 5.96. The van der Waals surface area contributed by atoms with Gasteiger partial charge in [0.25, 0.3) is 5.91 Å². The predicted molar refractivity (Wildman–Crippen MR) is 99.9 cm³/mol. The fourth-order valence-electron chi connectivity index (χ4n) is 2.76. The molecule has 1 aliphatic rings. The van der Waals surface area contributed by atoms with Crippen LogP contribution in [0.3, 0.4) is 0 Å². The highest BCUT2D eigenvalue weighted by Crippen LogP contribution is 2.18. The van der Waals surface area contributed by atoms with E-state index in [1.54, 1.807) is 6.07 Å². The van der Waals surface area contributed by atoms with Gasteiger partial charge in [-0.2, -0.15) is 0 Å². The number of hydrogen-bond donors (Lipinski definition) is 3. The molecule has 3 N–H and O–H groups in total. The third kappa shape index (κ3) is 6.13. The van der Waals surface area contributed by atoms with Crippen LogP contribution in [0.2, 0.25) is 0 Å². The molecule has 24 heavy (non-hydrogen) atoms. The number of halogens is 1. The summed E-state index contributed by atoms with van der Waals surface area (Å²) in [5, 5.41) is 9.26. The van der Waals surface area contributed by atoms with Crippen molar-refractivity contribution < 1.29 is 9.59 Å². The standard InChI is InChI=1S/C18H27N3O2.ClH/c1-12(2)9-17(22)21-16-7-6-14(10-13(16)3)18(23)20-15-5-4-8-19-11-15;/h6-7,10,12,15,19H,4-5,8-9,11H2,1-3H3,(H,20,23)(H,21,22);1H. The van der Waals surface area contributed by atoms with E-state index in [0.717, 1.165) is 37.2 Å². The van der Waals surface area contributed by atoms with Gasteiger partial charge in [0, 0.05) is 30.3 Å². The first-order valence-corrected chi connectivity index (χ1v) is 8.38. The van der Waals surface area contributed by atoms with Gasteiger partial charge in [0.2, 0.25) is 5.91 Å². The number of hydrogen-bond acceptors (Lipinski definition) is 3. The van der Waals surface area contributed by atoms with Crippen molar-refractivity contribution >= 4 is 29.9 Å². The van der Waals surface area contributed by atoms with Gasteiger partial charge in [-0.3, -0.25) is 9.59 Å². The van der Waals surface area contributed by atoms with E-state index in [1.807, 2.05) is 32.9 Å². The molecule has 1 aliphatic heterocycles. The van der Waals surface area contributed by atoms with Crippen LogP contribution in [0.15, 0.2) is 18.2 Å². The van der Waals surface area contributed by atoms with Crippen molar-refractivity contribution in [2.45, 2.75) is 46.1 Å². The van der Waals surface area contributed by atoms with Crippen molar-refractivity contribution in [2.75, 3.05) is 18.4 Å². The van der Waals surface area contributed by atoms with Gasteiger partial charge in [-0.05, 0) is 56.0 Å². The Morgan fingerprint density at radius 2 is 2.08 bits per heavy atom. The highest BCUT2D eigenvalue weighted by Gasteiger charge is 2.17. The lowest BCUT2D eigenvalue weighted by molar-refractivity contribution is -0.116.